The molecule has 0 aromatic carbocycles. The maximum atomic E-state index is 13.2. The molecule has 5 heteroatoms. The third kappa shape index (κ3) is 1.87. The molecule has 15 heavy (non-hydrogen) atoms. The summed E-state index contributed by atoms with van der Waals surface area (Å²) in [6.45, 7) is 1.18. The lowest BCUT2D eigenvalue weighted by Gasteiger charge is -2.43. The fraction of sp³-hybridized carbons (Fsp3) is 1.00. The number of rotatable bonds is 1. The van der Waals surface area contributed by atoms with E-state index in [1.807, 2.05) is 0 Å². The summed E-state index contributed by atoms with van der Waals surface area (Å²) in [5.74, 6) is 0. The van der Waals surface area contributed by atoms with Crippen LogP contribution in [0.5, 0.6) is 0 Å². The second-order valence-corrected chi connectivity index (χ2v) is 4.42. The first-order chi connectivity index (χ1) is 7.06. The molecule has 2 aliphatic heterocycles. The largest absolute Gasteiger partial charge is 0.396 e. The number of hydrogen-bond donors (Lipinski definition) is 1. The SMILES string of the molecule is FC(F)(F)C1(C2CCCN2)CCOCC1. The summed E-state index contributed by atoms with van der Waals surface area (Å²) in [5.41, 5.74) is -1.54. The Balaban J connectivity index is 2.20. The fourth-order valence-corrected chi connectivity index (χ4v) is 2.72. The van der Waals surface area contributed by atoms with Gasteiger partial charge in [-0.1, -0.05) is 0 Å². The molecule has 0 spiro atoms. The van der Waals surface area contributed by atoms with Crippen molar-refractivity contribution in [3.8, 4) is 0 Å². The Hall–Kier alpha value is -0.290. The average Bonchev–Trinajstić information content (AvgIpc) is 2.70. The highest BCUT2D eigenvalue weighted by Gasteiger charge is 2.59. The highest BCUT2D eigenvalue weighted by molar-refractivity contribution is 5.00. The second kappa shape index (κ2) is 3.94. The Morgan fingerprint density at radius 3 is 2.33 bits per heavy atom. The standard InChI is InChI=1S/C10H16F3NO/c11-10(12,13)9(3-6-15-7-4-9)8-2-1-5-14-8/h8,14H,1-7H2. The summed E-state index contributed by atoms with van der Waals surface area (Å²) < 4.78 is 44.5. The van der Waals surface area contributed by atoms with Crippen LogP contribution in [0.3, 0.4) is 0 Å². The molecule has 1 N–H and O–H groups in total. The van der Waals surface area contributed by atoms with Gasteiger partial charge in [0.1, 0.15) is 0 Å². The summed E-state index contributed by atoms with van der Waals surface area (Å²) in [5, 5.41) is 3.00. The minimum absolute atomic E-state index is 0.105. The van der Waals surface area contributed by atoms with Gasteiger partial charge in [-0.2, -0.15) is 13.2 Å². The summed E-state index contributed by atoms with van der Waals surface area (Å²) in [6.07, 6.45) is -2.41. The van der Waals surface area contributed by atoms with Crippen LogP contribution < -0.4 is 5.32 Å². The molecule has 0 aromatic heterocycles. The van der Waals surface area contributed by atoms with Crippen LogP contribution in [0.1, 0.15) is 25.7 Å². The van der Waals surface area contributed by atoms with Gasteiger partial charge in [-0.3, -0.25) is 0 Å². The Morgan fingerprint density at radius 1 is 1.20 bits per heavy atom. The van der Waals surface area contributed by atoms with Crippen molar-refractivity contribution in [3.05, 3.63) is 0 Å². The molecule has 2 saturated heterocycles. The van der Waals surface area contributed by atoms with E-state index < -0.39 is 17.6 Å². The van der Waals surface area contributed by atoms with E-state index in [1.165, 1.54) is 0 Å². The molecule has 0 aromatic rings. The van der Waals surface area contributed by atoms with Gasteiger partial charge < -0.3 is 10.1 Å². The van der Waals surface area contributed by atoms with Gasteiger partial charge in [-0.05, 0) is 32.2 Å². The van der Waals surface area contributed by atoms with Gasteiger partial charge in [0.05, 0.1) is 5.41 Å². The number of alkyl halides is 3. The second-order valence-electron chi connectivity index (χ2n) is 4.42. The van der Waals surface area contributed by atoms with Gasteiger partial charge >= 0.3 is 6.18 Å². The van der Waals surface area contributed by atoms with Gasteiger partial charge in [0.15, 0.2) is 0 Å². The lowest BCUT2D eigenvalue weighted by atomic mass is 9.72. The summed E-state index contributed by atoms with van der Waals surface area (Å²) in [4.78, 5) is 0. The topological polar surface area (TPSA) is 21.3 Å². The zero-order valence-electron chi connectivity index (χ0n) is 8.57. The van der Waals surface area contributed by atoms with Crippen molar-refractivity contribution in [3.63, 3.8) is 0 Å². The van der Waals surface area contributed by atoms with Crippen molar-refractivity contribution in [1.82, 2.24) is 5.32 Å². The smallest absolute Gasteiger partial charge is 0.381 e. The molecular weight excluding hydrogens is 207 g/mol. The zero-order chi connectivity index (χ0) is 10.9. The molecule has 0 amide bonds. The number of ether oxygens (including phenoxy) is 1. The quantitative estimate of drug-likeness (QED) is 0.735. The molecule has 2 aliphatic rings. The van der Waals surface area contributed by atoms with Crippen LogP contribution in [-0.2, 0) is 4.74 Å². The fourth-order valence-electron chi connectivity index (χ4n) is 2.72. The molecule has 1 atom stereocenters. The van der Waals surface area contributed by atoms with Gasteiger partial charge in [-0.25, -0.2) is 0 Å². The maximum absolute atomic E-state index is 13.2. The Labute approximate surface area is 87.2 Å². The van der Waals surface area contributed by atoms with E-state index in [1.54, 1.807) is 0 Å². The molecule has 0 saturated carbocycles. The highest BCUT2D eigenvalue weighted by atomic mass is 19.4. The predicted molar refractivity (Wildman–Crippen MR) is 49.6 cm³/mol. The van der Waals surface area contributed by atoms with Crippen molar-refractivity contribution in [2.45, 2.75) is 37.9 Å². The van der Waals surface area contributed by atoms with E-state index in [0.717, 1.165) is 6.42 Å². The van der Waals surface area contributed by atoms with Crippen molar-refractivity contribution >= 4 is 0 Å². The van der Waals surface area contributed by atoms with Gasteiger partial charge in [0.25, 0.3) is 0 Å². The van der Waals surface area contributed by atoms with Crippen LogP contribution in [0.15, 0.2) is 0 Å². The van der Waals surface area contributed by atoms with Crippen LogP contribution >= 0.6 is 0 Å². The Bertz CT molecular complexity index is 217. The molecule has 2 rings (SSSR count). The molecule has 2 heterocycles. The molecule has 1 unspecified atom stereocenters. The van der Waals surface area contributed by atoms with Crippen LogP contribution in [0, 0.1) is 5.41 Å². The van der Waals surface area contributed by atoms with E-state index in [4.69, 9.17) is 4.74 Å². The van der Waals surface area contributed by atoms with Crippen molar-refractivity contribution in [2.75, 3.05) is 19.8 Å². The molecule has 2 fully saturated rings. The molecule has 2 nitrogen and oxygen atoms in total. The van der Waals surface area contributed by atoms with Crippen LogP contribution in [0.2, 0.25) is 0 Å². The van der Waals surface area contributed by atoms with Crippen molar-refractivity contribution in [2.24, 2.45) is 5.41 Å². The molecule has 0 aliphatic carbocycles. The van der Waals surface area contributed by atoms with Crippen molar-refractivity contribution < 1.29 is 17.9 Å². The number of halogens is 3. The Kier molecular flexibility index (Phi) is 2.94. The third-order valence-corrected chi connectivity index (χ3v) is 3.68. The minimum Gasteiger partial charge on any atom is -0.381 e. The monoisotopic (exact) mass is 223 g/mol. The van der Waals surface area contributed by atoms with Gasteiger partial charge in [-0.15, -0.1) is 0 Å². The molecule has 0 bridgehead atoms. The molecule has 88 valence electrons. The molecular formula is C10H16F3NO. The average molecular weight is 223 g/mol. The molecule has 0 radical (unpaired) electrons. The number of hydrogen-bond acceptors (Lipinski definition) is 2. The van der Waals surface area contributed by atoms with E-state index >= 15 is 0 Å². The maximum Gasteiger partial charge on any atom is 0.396 e. The van der Waals surface area contributed by atoms with Gasteiger partial charge in [0, 0.05) is 19.3 Å². The first-order valence-electron chi connectivity index (χ1n) is 5.44. The van der Waals surface area contributed by atoms with Crippen LogP contribution in [0.4, 0.5) is 13.2 Å². The first-order valence-corrected chi connectivity index (χ1v) is 5.44. The predicted octanol–water partition coefficient (Wildman–Crippen LogP) is 2.10. The summed E-state index contributed by atoms with van der Waals surface area (Å²) >= 11 is 0. The lowest BCUT2D eigenvalue weighted by molar-refractivity contribution is -0.255. The van der Waals surface area contributed by atoms with E-state index in [2.05, 4.69) is 5.32 Å². The first kappa shape index (κ1) is 11.2. The minimum atomic E-state index is -4.11. The van der Waals surface area contributed by atoms with Crippen LogP contribution in [-0.4, -0.2) is 32.0 Å². The van der Waals surface area contributed by atoms with Gasteiger partial charge in [0.2, 0.25) is 0 Å². The zero-order valence-corrected chi connectivity index (χ0v) is 8.57. The van der Waals surface area contributed by atoms with Crippen molar-refractivity contribution in [1.29, 1.82) is 0 Å². The van der Waals surface area contributed by atoms with E-state index in [0.29, 0.717) is 13.0 Å². The lowest BCUT2D eigenvalue weighted by Crippen LogP contribution is -2.54. The van der Waals surface area contributed by atoms with Crippen LogP contribution in [0.25, 0.3) is 0 Å². The normalized spacial score (nSPS) is 31.8. The van der Waals surface area contributed by atoms with E-state index in [9.17, 15) is 13.2 Å². The third-order valence-electron chi connectivity index (χ3n) is 3.68. The van der Waals surface area contributed by atoms with E-state index in [-0.39, 0.29) is 26.1 Å². The number of nitrogens with one attached hydrogen (secondary N) is 1. The highest BCUT2D eigenvalue weighted by Crippen LogP contribution is 2.50. The summed E-state index contributed by atoms with van der Waals surface area (Å²) in [6, 6.07) is -0.401. The summed E-state index contributed by atoms with van der Waals surface area (Å²) in [7, 11) is 0. The Morgan fingerprint density at radius 2 is 1.87 bits per heavy atom.